The molecule has 0 aliphatic carbocycles. The van der Waals surface area contributed by atoms with Crippen LogP contribution in [0.1, 0.15) is 18.1 Å². The summed E-state index contributed by atoms with van der Waals surface area (Å²) in [7, 11) is 0. The van der Waals surface area contributed by atoms with Gasteiger partial charge in [-0.3, -0.25) is 4.98 Å². The highest BCUT2D eigenvalue weighted by atomic mass is 19.1. The normalized spacial score (nSPS) is 14.1. The van der Waals surface area contributed by atoms with E-state index in [1.807, 2.05) is 24.3 Å². The van der Waals surface area contributed by atoms with Crippen molar-refractivity contribution in [2.24, 2.45) is 5.73 Å². The van der Waals surface area contributed by atoms with Crippen molar-refractivity contribution in [3.8, 4) is 0 Å². The number of aromatic nitrogens is 1. The van der Waals surface area contributed by atoms with Gasteiger partial charge in [-0.1, -0.05) is 24.3 Å². The van der Waals surface area contributed by atoms with Gasteiger partial charge in [0.2, 0.25) is 0 Å². The van der Waals surface area contributed by atoms with Crippen molar-refractivity contribution >= 4 is 10.8 Å². The molecule has 0 spiro atoms. The first-order chi connectivity index (χ1) is 9.98. The Morgan fingerprint density at radius 2 is 1.67 bits per heavy atom. The average molecular weight is 284 g/mol. The molecule has 1 heterocycles. The second-order valence-electron chi connectivity index (χ2n) is 5.27. The quantitative estimate of drug-likeness (QED) is 0.778. The molecule has 2 nitrogen and oxygen atoms in total. The Balaban J connectivity index is 2.24. The van der Waals surface area contributed by atoms with E-state index in [9.17, 15) is 8.78 Å². The summed E-state index contributed by atoms with van der Waals surface area (Å²) in [5, 5.41) is 1.85. The third kappa shape index (κ3) is 2.38. The number of hydrogen-bond donors (Lipinski definition) is 1. The maximum Gasteiger partial charge on any atom is 0.126 e. The molecule has 4 heteroatoms. The zero-order valence-electron chi connectivity index (χ0n) is 11.5. The Bertz CT molecular complexity index is 787. The molecular formula is C17H14F2N2. The van der Waals surface area contributed by atoms with Crippen LogP contribution in [0.15, 0.2) is 54.9 Å². The first-order valence-corrected chi connectivity index (χ1v) is 6.57. The molecule has 3 rings (SSSR count). The largest absolute Gasteiger partial charge is 0.318 e. The fraction of sp³-hybridized carbons (Fsp3) is 0.118. The van der Waals surface area contributed by atoms with Crippen molar-refractivity contribution in [2.75, 3.05) is 0 Å². The number of benzene rings is 2. The van der Waals surface area contributed by atoms with E-state index in [0.29, 0.717) is 5.56 Å². The molecule has 21 heavy (non-hydrogen) atoms. The van der Waals surface area contributed by atoms with Gasteiger partial charge in [0, 0.05) is 29.4 Å². The molecule has 2 aromatic carbocycles. The number of hydrogen-bond acceptors (Lipinski definition) is 2. The van der Waals surface area contributed by atoms with Crippen LogP contribution in [0.4, 0.5) is 8.78 Å². The monoisotopic (exact) mass is 284 g/mol. The Morgan fingerprint density at radius 3 is 2.38 bits per heavy atom. The molecule has 106 valence electrons. The molecule has 0 radical (unpaired) electrons. The SMILES string of the molecule is CC(N)(c1cc(F)cc(F)c1)c1cncc2ccccc12. The van der Waals surface area contributed by atoms with Crippen LogP contribution in [0.2, 0.25) is 0 Å². The van der Waals surface area contributed by atoms with E-state index in [1.165, 1.54) is 12.1 Å². The summed E-state index contributed by atoms with van der Waals surface area (Å²) in [4.78, 5) is 4.18. The van der Waals surface area contributed by atoms with Crippen LogP contribution in [-0.4, -0.2) is 4.98 Å². The number of nitrogens with two attached hydrogens (primary N) is 1. The van der Waals surface area contributed by atoms with Gasteiger partial charge < -0.3 is 5.73 Å². The molecule has 2 N–H and O–H groups in total. The molecule has 0 aliphatic heterocycles. The van der Waals surface area contributed by atoms with Crippen LogP contribution >= 0.6 is 0 Å². The van der Waals surface area contributed by atoms with Crippen molar-refractivity contribution in [3.63, 3.8) is 0 Å². The van der Waals surface area contributed by atoms with Gasteiger partial charge in [0.1, 0.15) is 11.6 Å². The van der Waals surface area contributed by atoms with Gasteiger partial charge in [-0.15, -0.1) is 0 Å². The van der Waals surface area contributed by atoms with Gasteiger partial charge in [0.15, 0.2) is 0 Å². The maximum atomic E-state index is 13.5. The van der Waals surface area contributed by atoms with Crippen LogP contribution in [0.25, 0.3) is 10.8 Å². The van der Waals surface area contributed by atoms with E-state index in [2.05, 4.69) is 4.98 Å². The van der Waals surface area contributed by atoms with Crippen molar-refractivity contribution in [1.29, 1.82) is 0 Å². The number of nitrogens with zero attached hydrogens (tertiary/aromatic N) is 1. The summed E-state index contributed by atoms with van der Waals surface area (Å²) in [5.41, 5.74) is 6.45. The zero-order chi connectivity index (χ0) is 15.0. The maximum absolute atomic E-state index is 13.5. The second kappa shape index (κ2) is 4.90. The Labute approximate surface area is 121 Å². The topological polar surface area (TPSA) is 38.9 Å². The van der Waals surface area contributed by atoms with Crippen molar-refractivity contribution in [1.82, 2.24) is 4.98 Å². The van der Waals surface area contributed by atoms with Crippen molar-refractivity contribution < 1.29 is 8.78 Å². The predicted octanol–water partition coefficient (Wildman–Crippen LogP) is 3.74. The minimum atomic E-state index is -1.04. The van der Waals surface area contributed by atoms with Gasteiger partial charge in [0.05, 0.1) is 5.54 Å². The Hall–Kier alpha value is -2.33. The van der Waals surface area contributed by atoms with E-state index >= 15 is 0 Å². The fourth-order valence-corrected chi connectivity index (χ4v) is 2.54. The average Bonchev–Trinajstić information content (AvgIpc) is 2.45. The Morgan fingerprint density at radius 1 is 1.00 bits per heavy atom. The molecule has 0 saturated heterocycles. The fourth-order valence-electron chi connectivity index (χ4n) is 2.54. The molecular weight excluding hydrogens is 270 g/mol. The summed E-state index contributed by atoms with van der Waals surface area (Å²) in [6.07, 6.45) is 3.38. The van der Waals surface area contributed by atoms with E-state index in [4.69, 9.17) is 5.73 Å². The number of halogens is 2. The number of fused-ring (bicyclic) bond motifs is 1. The van der Waals surface area contributed by atoms with Gasteiger partial charge in [-0.2, -0.15) is 0 Å². The molecule has 0 fully saturated rings. The molecule has 0 saturated carbocycles. The lowest BCUT2D eigenvalue weighted by molar-refractivity contribution is 0.551. The zero-order valence-corrected chi connectivity index (χ0v) is 11.5. The van der Waals surface area contributed by atoms with Gasteiger partial charge in [-0.25, -0.2) is 8.78 Å². The van der Waals surface area contributed by atoms with Crippen LogP contribution in [0.5, 0.6) is 0 Å². The molecule has 3 aromatic rings. The summed E-state index contributed by atoms with van der Waals surface area (Å²) < 4.78 is 27.0. The predicted molar refractivity (Wildman–Crippen MR) is 78.7 cm³/mol. The summed E-state index contributed by atoms with van der Waals surface area (Å²) in [6.45, 7) is 1.73. The standard InChI is InChI=1S/C17H14F2N2/c1-17(20,12-6-13(18)8-14(19)7-12)16-10-21-9-11-4-2-3-5-15(11)16/h2-10H,20H2,1H3. The molecule has 0 bridgehead atoms. The highest BCUT2D eigenvalue weighted by Crippen LogP contribution is 2.32. The van der Waals surface area contributed by atoms with E-state index in [-0.39, 0.29) is 0 Å². The summed E-state index contributed by atoms with van der Waals surface area (Å²) in [6, 6.07) is 11.0. The lowest BCUT2D eigenvalue weighted by atomic mass is 9.84. The van der Waals surface area contributed by atoms with Crippen LogP contribution < -0.4 is 5.73 Å². The smallest absolute Gasteiger partial charge is 0.126 e. The van der Waals surface area contributed by atoms with E-state index in [0.717, 1.165) is 22.4 Å². The van der Waals surface area contributed by atoms with Gasteiger partial charge >= 0.3 is 0 Å². The third-order valence-corrected chi connectivity index (χ3v) is 3.69. The molecule has 0 amide bonds. The lowest BCUT2D eigenvalue weighted by Gasteiger charge is -2.27. The van der Waals surface area contributed by atoms with E-state index < -0.39 is 17.2 Å². The van der Waals surface area contributed by atoms with Crippen LogP contribution in [0, 0.1) is 11.6 Å². The molecule has 1 aromatic heterocycles. The minimum Gasteiger partial charge on any atom is -0.318 e. The lowest BCUT2D eigenvalue weighted by Crippen LogP contribution is -2.35. The molecule has 1 unspecified atom stereocenters. The summed E-state index contributed by atoms with van der Waals surface area (Å²) in [5.74, 6) is -1.29. The second-order valence-corrected chi connectivity index (χ2v) is 5.27. The van der Waals surface area contributed by atoms with Crippen LogP contribution in [-0.2, 0) is 5.54 Å². The van der Waals surface area contributed by atoms with E-state index in [1.54, 1.807) is 19.3 Å². The first kappa shape index (κ1) is 13.6. The molecule has 0 aliphatic rings. The highest BCUT2D eigenvalue weighted by molar-refractivity contribution is 5.86. The van der Waals surface area contributed by atoms with Gasteiger partial charge in [-0.05, 0) is 30.0 Å². The highest BCUT2D eigenvalue weighted by Gasteiger charge is 2.27. The first-order valence-electron chi connectivity index (χ1n) is 6.57. The third-order valence-electron chi connectivity index (χ3n) is 3.69. The number of rotatable bonds is 2. The summed E-state index contributed by atoms with van der Waals surface area (Å²) >= 11 is 0. The Kier molecular flexibility index (Phi) is 3.18. The van der Waals surface area contributed by atoms with Gasteiger partial charge in [0.25, 0.3) is 0 Å². The van der Waals surface area contributed by atoms with Crippen molar-refractivity contribution in [2.45, 2.75) is 12.5 Å². The molecule has 1 atom stereocenters. The number of pyridine rings is 1. The van der Waals surface area contributed by atoms with Crippen LogP contribution in [0.3, 0.4) is 0 Å². The van der Waals surface area contributed by atoms with Crippen molar-refractivity contribution in [3.05, 3.63) is 77.6 Å². The minimum absolute atomic E-state index is 0.373.